The lowest BCUT2D eigenvalue weighted by Crippen LogP contribution is -2.51. The van der Waals surface area contributed by atoms with E-state index < -0.39 is 16.1 Å². The molecule has 2 aliphatic heterocycles. The molecule has 362 valence electrons. The van der Waals surface area contributed by atoms with Gasteiger partial charge in [0.2, 0.25) is 0 Å². The van der Waals surface area contributed by atoms with E-state index in [0.717, 1.165) is 78.4 Å². The molecule has 0 radical (unpaired) electrons. The maximum Gasteiger partial charge on any atom is 0.160 e. The third-order valence-corrected chi connectivity index (χ3v) is 23.6. The normalized spacial score (nSPS) is 13.7. The van der Waals surface area contributed by atoms with Crippen molar-refractivity contribution in [2.45, 2.75) is 26.2 Å². The fourth-order valence-corrected chi connectivity index (χ4v) is 19.1. The highest BCUT2D eigenvalue weighted by Crippen LogP contribution is 2.52. The lowest BCUT2D eigenvalue weighted by molar-refractivity contribution is 0.669. The number of nitrogens with zero attached hydrogens (tertiary/aromatic N) is 2. The number of rotatable bonds is 8. The molecule has 2 aromatic heterocycles. The lowest BCUT2D eigenvalue weighted by Gasteiger charge is -2.29. The number of hydrogen-bond donors (Lipinski definition) is 0. The lowest BCUT2D eigenvalue weighted by atomic mass is 9.94. The maximum absolute atomic E-state index is 7.24. The van der Waals surface area contributed by atoms with Crippen molar-refractivity contribution in [3.05, 3.63) is 243 Å². The van der Waals surface area contributed by atoms with Crippen LogP contribution in [0.1, 0.15) is 0 Å². The summed E-state index contributed by atoms with van der Waals surface area (Å²) in [7, 11) is -4.94. The van der Waals surface area contributed by atoms with E-state index in [0.29, 0.717) is 0 Å². The first-order valence-corrected chi connectivity index (χ1v) is 32.4. The molecule has 13 aromatic rings. The van der Waals surface area contributed by atoms with E-state index in [4.69, 9.17) is 8.83 Å². The quantitative estimate of drug-likeness (QED) is 0.142. The van der Waals surface area contributed by atoms with Crippen molar-refractivity contribution in [3.8, 4) is 44.5 Å². The minimum absolute atomic E-state index is 0.895. The summed E-state index contributed by atoms with van der Waals surface area (Å²) in [5, 5.41) is 10.5. The molecule has 0 spiro atoms. The van der Waals surface area contributed by atoms with Gasteiger partial charge in [0.05, 0.1) is 22.7 Å². The summed E-state index contributed by atoms with van der Waals surface area (Å²) >= 11 is 0. The number of fused-ring (bicyclic) bond motifs is 14. The van der Waals surface area contributed by atoms with Crippen LogP contribution in [0.3, 0.4) is 0 Å². The number of furan rings is 2. The van der Waals surface area contributed by atoms with E-state index in [1.165, 1.54) is 64.9 Å². The first-order chi connectivity index (χ1) is 37.3. The van der Waals surface area contributed by atoms with Gasteiger partial charge in [0, 0.05) is 44.0 Å². The molecule has 0 unspecified atom stereocenters. The van der Waals surface area contributed by atoms with Crippen molar-refractivity contribution in [1.29, 1.82) is 0 Å². The van der Waals surface area contributed by atoms with Crippen LogP contribution in [0.4, 0.5) is 34.1 Å². The van der Waals surface area contributed by atoms with Gasteiger partial charge in [-0.1, -0.05) is 208 Å². The van der Waals surface area contributed by atoms with Crippen LogP contribution in [0.15, 0.2) is 251 Å². The number of benzene rings is 11. The summed E-state index contributed by atoms with van der Waals surface area (Å²) in [6.07, 6.45) is 0. The Bertz CT molecular complexity index is 4180. The van der Waals surface area contributed by atoms with Gasteiger partial charge in [0.15, 0.2) is 11.2 Å². The topological polar surface area (TPSA) is 32.8 Å². The first-order valence-electron chi connectivity index (χ1n) is 26.4. The molecule has 0 aliphatic carbocycles. The Morgan fingerprint density at radius 2 is 0.645 bits per heavy atom. The summed E-state index contributed by atoms with van der Waals surface area (Å²) in [6, 6.07) is 88.5. The number of anilines is 6. The van der Waals surface area contributed by atoms with Crippen LogP contribution in [-0.2, 0) is 0 Å². The minimum atomic E-state index is -2.47. The molecule has 0 atom stereocenters. The zero-order valence-corrected chi connectivity index (χ0v) is 44.8. The number of para-hydroxylation sites is 6. The van der Waals surface area contributed by atoms with Gasteiger partial charge in [-0.2, -0.15) is 0 Å². The predicted molar refractivity (Wildman–Crippen MR) is 326 cm³/mol. The van der Waals surface area contributed by atoms with Gasteiger partial charge in [-0.3, -0.25) is 0 Å². The Morgan fingerprint density at radius 1 is 0.303 bits per heavy atom. The molecular formula is C70H52N2O2Si2. The van der Waals surface area contributed by atoms with Crippen LogP contribution in [-0.4, -0.2) is 16.1 Å². The molecule has 0 saturated heterocycles. The van der Waals surface area contributed by atoms with Crippen molar-refractivity contribution >= 4 is 115 Å². The second-order valence-electron chi connectivity index (χ2n) is 21.5. The van der Waals surface area contributed by atoms with Gasteiger partial charge in [0.25, 0.3) is 0 Å². The summed E-state index contributed by atoms with van der Waals surface area (Å²) in [5.41, 5.74) is 20.1. The molecule has 0 bridgehead atoms. The molecule has 76 heavy (non-hydrogen) atoms. The van der Waals surface area contributed by atoms with Gasteiger partial charge in [-0.05, 0) is 115 Å². The van der Waals surface area contributed by atoms with Crippen molar-refractivity contribution in [3.63, 3.8) is 0 Å². The summed E-state index contributed by atoms with van der Waals surface area (Å²) < 4.78 is 14.5. The Labute approximate surface area is 444 Å². The average molecular weight is 1010 g/mol. The zero-order valence-electron chi connectivity index (χ0n) is 42.8. The second-order valence-corrected chi connectivity index (χ2v) is 30.2. The van der Waals surface area contributed by atoms with Gasteiger partial charge in [-0.15, -0.1) is 0 Å². The number of hydrogen-bond acceptors (Lipinski definition) is 4. The molecule has 15 rings (SSSR count). The first kappa shape index (κ1) is 44.5. The zero-order chi connectivity index (χ0) is 50.9. The summed E-state index contributed by atoms with van der Waals surface area (Å²) in [5.74, 6) is 0. The standard InChI is InChI=1S/C70H52N2O2Si2/c1-75(2)61-41-54-62(42-53(61)65-63(75)43-57(69-67(65)51-35-19-23-39-59(51)73-69)71(47-29-13-7-14-30-47)55-37-21-17-33-49(55)45-25-9-5-10-26-45)76(3,4)64-44-58(70-68(66(54)64)52-36-20-24-40-60(52)74-70)72(48-31-15-8-16-32-48)56-38-22-18-34-50(56)46-27-11-6-12-28-46/h5-44H,1-4H3. The van der Waals surface area contributed by atoms with E-state index in [1.807, 2.05) is 0 Å². The molecular weight excluding hydrogens is 957 g/mol. The highest BCUT2D eigenvalue weighted by Gasteiger charge is 2.47. The van der Waals surface area contributed by atoms with E-state index in [2.05, 4.69) is 279 Å². The van der Waals surface area contributed by atoms with Crippen LogP contribution < -0.4 is 30.5 Å². The highest BCUT2D eigenvalue weighted by molar-refractivity contribution is 7.06. The molecule has 0 N–H and O–H groups in total. The molecule has 6 heteroatoms. The van der Waals surface area contributed by atoms with E-state index in [9.17, 15) is 0 Å². The monoisotopic (exact) mass is 1010 g/mol. The van der Waals surface area contributed by atoms with E-state index in [-0.39, 0.29) is 0 Å². The fourth-order valence-electron chi connectivity index (χ4n) is 13.0. The molecule has 11 aromatic carbocycles. The minimum Gasteiger partial charge on any atom is -0.454 e. The maximum atomic E-state index is 7.24. The molecule has 4 heterocycles. The smallest absolute Gasteiger partial charge is 0.160 e. The Morgan fingerprint density at radius 3 is 1.05 bits per heavy atom. The molecule has 0 saturated carbocycles. The third kappa shape index (κ3) is 6.47. The van der Waals surface area contributed by atoms with Crippen molar-refractivity contribution in [2.75, 3.05) is 9.80 Å². The van der Waals surface area contributed by atoms with Crippen LogP contribution in [0.5, 0.6) is 0 Å². The van der Waals surface area contributed by atoms with E-state index in [1.54, 1.807) is 0 Å². The van der Waals surface area contributed by atoms with Crippen LogP contribution >= 0.6 is 0 Å². The van der Waals surface area contributed by atoms with Gasteiger partial charge < -0.3 is 18.6 Å². The molecule has 0 fully saturated rings. The van der Waals surface area contributed by atoms with Crippen LogP contribution in [0, 0.1) is 0 Å². The molecule has 4 nitrogen and oxygen atoms in total. The van der Waals surface area contributed by atoms with Crippen molar-refractivity contribution < 1.29 is 8.83 Å². The van der Waals surface area contributed by atoms with Gasteiger partial charge in [-0.25, -0.2) is 0 Å². The molecule has 0 amide bonds. The van der Waals surface area contributed by atoms with Crippen LogP contribution in [0.25, 0.3) is 88.4 Å². The van der Waals surface area contributed by atoms with Crippen molar-refractivity contribution in [1.82, 2.24) is 0 Å². The highest BCUT2D eigenvalue weighted by atomic mass is 28.3. The van der Waals surface area contributed by atoms with Gasteiger partial charge >= 0.3 is 0 Å². The van der Waals surface area contributed by atoms with Crippen molar-refractivity contribution in [2.24, 2.45) is 0 Å². The largest absolute Gasteiger partial charge is 0.454 e. The summed E-state index contributed by atoms with van der Waals surface area (Å²) in [6.45, 7) is 10.3. The van der Waals surface area contributed by atoms with Crippen LogP contribution in [0.2, 0.25) is 26.2 Å². The third-order valence-electron chi connectivity index (χ3n) is 16.6. The average Bonchev–Trinajstić information content (AvgIpc) is 4.32. The Kier molecular flexibility index (Phi) is 9.83. The predicted octanol–water partition coefficient (Wildman–Crippen LogP) is 17.4. The molecule has 2 aliphatic rings. The van der Waals surface area contributed by atoms with Gasteiger partial charge in [0.1, 0.15) is 27.3 Å². The fraction of sp³-hybridized carbons (Fsp3) is 0.0571. The Hall–Kier alpha value is -8.95. The summed E-state index contributed by atoms with van der Waals surface area (Å²) in [4.78, 5) is 4.89. The Balaban J connectivity index is 0.991. The van der Waals surface area contributed by atoms with E-state index >= 15 is 0 Å². The SMILES string of the molecule is C[Si]1(C)c2cc3c(cc2-c2c1cc(N(c1ccccc1)c1ccccc1-c1ccccc1)c1oc4ccccc4c21)[Si](C)(C)c1cc(N(c2ccccc2)c2ccccc2-c2ccccc2)c2oc4ccccc4c2c1-3. The second kappa shape index (κ2) is 16.8.